The summed E-state index contributed by atoms with van der Waals surface area (Å²) in [5, 5.41) is 40.7. The second-order valence-corrected chi connectivity index (χ2v) is 24.9. The van der Waals surface area contributed by atoms with Crippen LogP contribution in [0, 0.1) is 6.92 Å². The minimum atomic E-state index is -5.17. The number of sulfone groups is 1. The molecule has 0 saturated carbocycles. The van der Waals surface area contributed by atoms with Crippen LogP contribution < -0.4 is 15.7 Å². The third-order valence-electron chi connectivity index (χ3n) is 10.5. The highest BCUT2D eigenvalue weighted by Gasteiger charge is 2.26. The lowest BCUT2D eigenvalue weighted by Gasteiger charge is -2.19. The number of halogens is 2. The van der Waals surface area contributed by atoms with Crippen molar-refractivity contribution in [1.82, 2.24) is 15.0 Å². The van der Waals surface area contributed by atoms with E-state index >= 15 is 0 Å². The lowest BCUT2D eigenvalue weighted by molar-refractivity contribution is 0.210. The Labute approximate surface area is 472 Å². The average molecular weight is 1280 g/mol. The molecule has 1 atom stereocenters. The molecule has 8 N–H and O–H groups in total. The maximum atomic E-state index is 12.7. The second kappa shape index (κ2) is 25.4. The van der Waals surface area contributed by atoms with Gasteiger partial charge in [0.2, 0.25) is 27.0 Å². The van der Waals surface area contributed by atoms with Crippen LogP contribution in [0.5, 0.6) is 11.5 Å². The summed E-state index contributed by atoms with van der Waals surface area (Å²) in [6.07, 6.45) is 0. The van der Waals surface area contributed by atoms with Gasteiger partial charge in [-0.05, 0) is 120 Å². The Bertz CT molecular complexity index is 4280. The van der Waals surface area contributed by atoms with Crippen LogP contribution in [0.15, 0.2) is 138 Å². The third-order valence-corrected chi connectivity index (χ3v) is 16.4. The van der Waals surface area contributed by atoms with Crippen molar-refractivity contribution in [2.75, 3.05) is 47.1 Å². The van der Waals surface area contributed by atoms with Crippen molar-refractivity contribution < 1.29 is 87.9 Å². The monoisotopic (exact) mass is 1280 g/mol. The van der Waals surface area contributed by atoms with E-state index < -0.39 is 121 Å². The van der Waals surface area contributed by atoms with Crippen LogP contribution in [-0.4, -0.2) is 121 Å². The van der Waals surface area contributed by atoms with Gasteiger partial charge >= 0.3 is 10.4 Å². The number of azo groups is 2. The number of alkyl halides is 1. The summed E-state index contributed by atoms with van der Waals surface area (Å²) in [5.74, 6) is -3.67. The fraction of sp³-hybridized carbons (Fsp3) is 0.140. The number of hydrogen-bond acceptors (Lipinski definition) is 26. The van der Waals surface area contributed by atoms with Crippen molar-refractivity contribution >= 4 is 158 Å². The van der Waals surface area contributed by atoms with E-state index in [2.05, 4.69) is 63.5 Å². The van der Waals surface area contributed by atoms with Crippen molar-refractivity contribution in [3.8, 4) is 11.5 Å². The van der Waals surface area contributed by atoms with Crippen LogP contribution in [0.3, 0.4) is 0 Å². The maximum absolute atomic E-state index is 12.7. The molecule has 7 rings (SSSR count). The first kappa shape index (κ1) is 63.2. The number of benzene rings is 6. The summed E-state index contributed by atoms with van der Waals surface area (Å²) < 4.78 is 181. The number of phenolic OH excluding ortho intramolecular Hbond substituents is 2. The molecule has 0 fully saturated rings. The molecular formula is C43H40Cl2N10O20S6. The van der Waals surface area contributed by atoms with E-state index in [1.165, 1.54) is 49.2 Å². The lowest BCUT2D eigenvalue weighted by atomic mass is 10.0. The number of aromatic nitrogens is 3. The smallest absolute Gasteiger partial charge is 0.398 e. The molecule has 0 aliphatic carbocycles. The van der Waals surface area contributed by atoms with Crippen molar-refractivity contribution in [3.63, 3.8) is 0 Å². The molecule has 1 unspecified atom stereocenters. The summed E-state index contributed by atoms with van der Waals surface area (Å²) in [7, 11) is -23.1. The van der Waals surface area contributed by atoms with Gasteiger partial charge in [-0.15, -0.1) is 28.5 Å². The van der Waals surface area contributed by atoms with Gasteiger partial charge in [-0.2, -0.15) is 53.7 Å². The quantitative estimate of drug-likeness (QED) is 0.00791. The van der Waals surface area contributed by atoms with Gasteiger partial charge in [0.1, 0.15) is 32.9 Å². The molecule has 432 valence electrons. The number of rotatable bonds is 22. The number of nitrogens with zero attached hydrogens (tertiary/aromatic N) is 8. The van der Waals surface area contributed by atoms with Crippen molar-refractivity contribution in [2.45, 2.75) is 26.5 Å². The predicted molar refractivity (Wildman–Crippen MR) is 293 cm³/mol. The molecule has 6 aromatic carbocycles. The first-order chi connectivity index (χ1) is 37.8. The van der Waals surface area contributed by atoms with Gasteiger partial charge in [0.05, 0.1) is 39.2 Å². The highest BCUT2D eigenvalue weighted by molar-refractivity contribution is 7.92. The van der Waals surface area contributed by atoms with E-state index in [4.69, 9.17) is 36.8 Å². The minimum absolute atomic E-state index is 0.0198. The summed E-state index contributed by atoms with van der Waals surface area (Å²) in [4.78, 5) is 16.3. The van der Waals surface area contributed by atoms with Gasteiger partial charge in [-0.25, -0.2) is 16.8 Å². The van der Waals surface area contributed by atoms with E-state index in [0.29, 0.717) is 0 Å². The number of anilines is 5. The summed E-state index contributed by atoms with van der Waals surface area (Å²) >= 11 is 9.98. The van der Waals surface area contributed by atoms with E-state index in [1.54, 1.807) is 0 Å². The van der Waals surface area contributed by atoms with Crippen LogP contribution in [0.2, 0.25) is 5.28 Å². The first-order valence-electron chi connectivity index (χ1n) is 21.7. The van der Waals surface area contributed by atoms with Crippen molar-refractivity contribution in [2.24, 2.45) is 20.5 Å². The first-order valence-corrected chi connectivity index (χ1v) is 31.1. The molecule has 0 amide bonds. The molecule has 0 aliphatic heterocycles. The van der Waals surface area contributed by atoms with Crippen molar-refractivity contribution in [1.29, 1.82) is 0 Å². The van der Waals surface area contributed by atoms with E-state index in [1.807, 2.05) is 0 Å². The van der Waals surface area contributed by atoms with Gasteiger partial charge in [0.15, 0.2) is 28.5 Å². The number of aryl methyl sites for hydroxylation is 1. The SMILES string of the molecule is C=C.Cc1cc2cc(S(=O)(=O)O)cc(Nc3nc(Cl)nc(N(C)c4ccc5c(O)c(N=Nc6ccc(S(=O)(=O)COS(=O)(=O)O)cc6)c(S(=O)(=O)O)cc5c4)n3)c2c(O)c1N=Nc1cc(NOCCS(=O)OCCl)ccc1S(=O)(=O)O. The molecule has 0 bridgehead atoms. The summed E-state index contributed by atoms with van der Waals surface area (Å²) in [5.41, 5.74) is 0.937. The van der Waals surface area contributed by atoms with Gasteiger partial charge in [-0.1, -0.05) is 11.6 Å². The standard InChI is InChI=1S/C41H36Cl2N10O20S6.C2H4/c1-21-13-23-15-28(76(59,60)61)18-31(34(23)38(55)35(21)50-49-30-17-25(5-10-32(30)77(62,63)64)52-71-11-12-74(56)72-19-42)44-40-45-39(43)46-41(47-40)53(2)26-6-9-29-22(14-26)16-33(78(65,66)67)36(37(29)54)51-48-24-3-7-27(8-4-24)75(57,58)20-73-79(68,69)70;1-2/h3-10,13-18,52,54-55H,11-12,19-20H2,1-2H3,(H,59,60,61)(H,62,63,64)(H,65,66,67)(H,68,69,70)(H,44,45,46,47);1-2H2. The minimum Gasteiger partial charge on any atom is -0.505 e. The molecule has 38 heteroatoms. The molecular weight excluding hydrogens is 1240 g/mol. The molecule has 1 aromatic heterocycles. The number of nitrogens with one attached hydrogen (secondary N) is 2. The fourth-order valence-corrected chi connectivity index (χ4v) is 11.3. The largest absolute Gasteiger partial charge is 0.505 e. The highest BCUT2D eigenvalue weighted by atomic mass is 35.5. The second-order valence-electron chi connectivity index (χ2n) is 15.8. The Kier molecular flexibility index (Phi) is 19.8. The van der Waals surface area contributed by atoms with Gasteiger partial charge in [-0.3, -0.25) is 32.7 Å². The Morgan fingerprint density at radius 3 is 2.01 bits per heavy atom. The Hall–Kier alpha value is -7.01. The van der Waals surface area contributed by atoms with Crippen LogP contribution in [0.25, 0.3) is 21.5 Å². The van der Waals surface area contributed by atoms with Crippen molar-refractivity contribution in [3.05, 3.63) is 109 Å². The maximum Gasteiger partial charge on any atom is 0.398 e. The molecule has 1 heterocycles. The number of aromatic hydroxyl groups is 2. The Balaban J connectivity index is 0.00000522. The molecule has 30 nitrogen and oxygen atoms in total. The van der Waals surface area contributed by atoms with Crippen LogP contribution in [-0.2, 0) is 74.9 Å². The molecule has 0 radical (unpaired) electrons. The molecule has 7 aromatic rings. The normalized spacial score (nSPS) is 12.9. The van der Waals surface area contributed by atoms with Gasteiger partial charge in [0.25, 0.3) is 30.4 Å². The fourth-order valence-electron chi connectivity index (χ4n) is 6.97. The van der Waals surface area contributed by atoms with Crippen LogP contribution in [0.1, 0.15) is 5.56 Å². The summed E-state index contributed by atoms with van der Waals surface area (Å²) in [6.45, 7) is 7.26. The van der Waals surface area contributed by atoms with E-state index in [9.17, 15) is 70.2 Å². The highest BCUT2D eigenvalue weighted by Crippen LogP contribution is 2.46. The number of phenols is 2. The van der Waals surface area contributed by atoms with E-state index in [-0.39, 0.29) is 79.9 Å². The predicted octanol–water partition coefficient (Wildman–Crippen LogP) is 8.21. The Morgan fingerprint density at radius 2 is 1.38 bits per heavy atom. The van der Waals surface area contributed by atoms with Gasteiger partial charge < -0.3 is 20.4 Å². The Morgan fingerprint density at radius 1 is 0.716 bits per heavy atom. The molecule has 81 heavy (non-hydrogen) atoms. The zero-order valence-corrected chi connectivity index (χ0v) is 47.4. The van der Waals surface area contributed by atoms with Crippen LogP contribution in [0.4, 0.5) is 51.7 Å². The average Bonchev–Trinajstić information content (AvgIpc) is 3.40. The zero-order valence-electron chi connectivity index (χ0n) is 41.0. The zero-order chi connectivity index (χ0) is 60.0. The van der Waals surface area contributed by atoms with Crippen LogP contribution >= 0.6 is 23.2 Å². The van der Waals surface area contributed by atoms with E-state index in [0.717, 1.165) is 54.6 Å². The molecule has 0 aliphatic rings. The molecule has 0 spiro atoms. The topological polar surface area (TPSA) is 452 Å². The summed E-state index contributed by atoms with van der Waals surface area (Å²) in [6, 6.07) is 15.2. The van der Waals surface area contributed by atoms with Gasteiger partial charge in [0, 0.05) is 23.5 Å². The number of fused-ring (bicyclic) bond motifs is 2. The molecule has 0 saturated heterocycles. The lowest BCUT2D eigenvalue weighted by Crippen LogP contribution is -2.15. The number of hydrogen-bond donors (Lipinski definition) is 8. The third kappa shape index (κ3) is 15.9.